The van der Waals surface area contributed by atoms with Crippen LogP contribution >= 0.6 is 11.3 Å². The van der Waals surface area contributed by atoms with Gasteiger partial charge < -0.3 is 5.32 Å². The second-order valence-electron chi connectivity index (χ2n) is 6.42. The highest BCUT2D eigenvalue weighted by molar-refractivity contribution is 7.21. The summed E-state index contributed by atoms with van der Waals surface area (Å²) in [6.07, 6.45) is 3.19. The van der Waals surface area contributed by atoms with Gasteiger partial charge in [0.15, 0.2) is 0 Å². The van der Waals surface area contributed by atoms with E-state index in [4.69, 9.17) is 0 Å². The number of nitrogens with zero attached hydrogens (tertiary/aromatic N) is 2. The summed E-state index contributed by atoms with van der Waals surface area (Å²) < 4.78 is 1.16. The summed E-state index contributed by atoms with van der Waals surface area (Å²) in [7, 11) is 0. The average molecular weight is 347 g/mol. The van der Waals surface area contributed by atoms with Crippen molar-refractivity contribution in [3.05, 3.63) is 48.5 Å². The van der Waals surface area contributed by atoms with Crippen molar-refractivity contribution in [1.29, 1.82) is 5.26 Å². The van der Waals surface area contributed by atoms with Gasteiger partial charge in [-0.15, -0.1) is 11.3 Å². The van der Waals surface area contributed by atoms with Crippen molar-refractivity contribution < 1.29 is 4.79 Å². The summed E-state index contributed by atoms with van der Waals surface area (Å²) in [6, 6.07) is 18.0. The van der Waals surface area contributed by atoms with Crippen LogP contribution in [0.1, 0.15) is 25.7 Å². The number of nitriles is 1. The van der Waals surface area contributed by atoms with Crippen molar-refractivity contribution in [2.24, 2.45) is 5.41 Å². The van der Waals surface area contributed by atoms with E-state index in [1.807, 2.05) is 42.5 Å². The Balaban J connectivity index is 1.54. The predicted molar refractivity (Wildman–Crippen MR) is 100 cm³/mol. The maximum atomic E-state index is 12.5. The van der Waals surface area contributed by atoms with Gasteiger partial charge in [-0.05, 0) is 49.2 Å². The van der Waals surface area contributed by atoms with E-state index in [2.05, 4.69) is 22.4 Å². The fourth-order valence-corrected chi connectivity index (χ4v) is 4.28. The van der Waals surface area contributed by atoms with Crippen LogP contribution in [0, 0.1) is 16.7 Å². The summed E-state index contributed by atoms with van der Waals surface area (Å²) in [5.41, 5.74) is 1.88. The van der Waals surface area contributed by atoms with E-state index in [-0.39, 0.29) is 5.91 Å². The van der Waals surface area contributed by atoms with Crippen molar-refractivity contribution >= 4 is 33.1 Å². The molecular weight excluding hydrogens is 330 g/mol. The van der Waals surface area contributed by atoms with Crippen LogP contribution in [0.3, 0.4) is 0 Å². The Labute approximate surface area is 150 Å². The van der Waals surface area contributed by atoms with Crippen molar-refractivity contribution in [3.8, 4) is 16.6 Å². The molecule has 0 atom stereocenters. The van der Waals surface area contributed by atoms with Gasteiger partial charge >= 0.3 is 0 Å². The first kappa shape index (κ1) is 15.8. The highest BCUT2D eigenvalue weighted by Crippen LogP contribution is 2.38. The van der Waals surface area contributed by atoms with Crippen LogP contribution in [-0.2, 0) is 4.79 Å². The summed E-state index contributed by atoms with van der Waals surface area (Å²) in [5, 5.41) is 13.3. The smallest absolute Gasteiger partial charge is 0.244 e. The second-order valence-corrected chi connectivity index (χ2v) is 7.45. The average Bonchev–Trinajstić information content (AvgIpc) is 3.30. The number of para-hydroxylation sites is 1. The van der Waals surface area contributed by atoms with Crippen LogP contribution in [0.5, 0.6) is 0 Å². The molecule has 1 aliphatic rings. The molecule has 1 amide bonds. The highest BCUT2D eigenvalue weighted by Gasteiger charge is 2.41. The number of thiazole rings is 1. The van der Waals surface area contributed by atoms with E-state index in [0.717, 1.165) is 39.3 Å². The van der Waals surface area contributed by atoms with Gasteiger partial charge in [-0.1, -0.05) is 25.0 Å². The molecule has 5 heteroatoms. The Morgan fingerprint density at radius 2 is 1.84 bits per heavy atom. The lowest BCUT2D eigenvalue weighted by Gasteiger charge is -2.19. The third-order valence-electron chi connectivity index (χ3n) is 4.79. The number of fused-ring (bicyclic) bond motifs is 1. The van der Waals surface area contributed by atoms with Crippen LogP contribution in [0.4, 0.5) is 5.69 Å². The lowest BCUT2D eigenvalue weighted by Crippen LogP contribution is -2.32. The fourth-order valence-electron chi connectivity index (χ4n) is 3.31. The number of hydrogen-bond acceptors (Lipinski definition) is 4. The summed E-state index contributed by atoms with van der Waals surface area (Å²) in [6.45, 7) is 0. The topological polar surface area (TPSA) is 65.8 Å². The molecule has 0 radical (unpaired) electrons. The Morgan fingerprint density at radius 1 is 1.12 bits per heavy atom. The highest BCUT2D eigenvalue weighted by atomic mass is 32.1. The van der Waals surface area contributed by atoms with Gasteiger partial charge in [0.1, 0.15) is 10.4 Å². The summed E-state index contributed by atoms with van der Waals surface area (Å²) >= 11 is 1.65. The van der Waals surface area contributed by atoms with Crippen LogP contribution < -0.4 is 5.32 Å². The van der Waals surface area contributed by atoms with Gasteiger partial charge in [0.2, 0.25) is 5.91 Å². The fraction of sp³-hybridized carbons (Fsp3) is 0.250. The minimum absolute atomic E-state index is 0.180. The van der Waals surface area contributed by atoms with Crippen LogP contribution in [0.2, 0.25) is 0 Å². The molecule has 25 heavy (non-hydrogen) atoms. The first-order valence-electron chi connectivity index (χ1n) is 8.39. The van der Waals surface area contributed by atoms with Gasteiger partial charge in [-0.25, -0.2) is 4.98 Å². The molecule has 1 saturated carbocycles. The maximum absolute atomic E-state index is 12.5. The number of benzene rings is 2. The predicted octanol–water partition coefficient (Wildman–Crippen LogP) is 4.99. The number of aromatic nitrogens is 1. The first-order valence-corrected chi connectivity index (χ1v) is 9.21. The molecule has 3 aromatic rings. The number of carbonyl (C=O) groups is 1. The molecule has 4 rings (SSSR count). The number of carbonyl (C=O) groups excluding carboxylic acids is 1. The Bertz CT molecular complexity index is 930. The van der Waals surface area contributed by atoms with Gasteiger partial charge in [0.25, 0.3) is 0 Å². The molecule has 2 aromatic carbocycles. The standard InChI is InChI=1S/C20H17N3OS/c21-13-20(11-3-4-12-20)19(24)22-15-9-7-14(8-10-15)18-23-16-5-1-2-6-17(16)25-18/h1-2,5-10H,3-4,11-12H2,(H,22,24). The molecule has 1 aliphatic carbocycles. The van der Waals surface area contributed by atoms with Crippen LogP contribution in [-0.4, -0.2) is 10.9 Å². The first-order chi connectivity index (χ1) is 12.2. The number of rotatable bonds is 3. The number of nitrogens with one attached hydrogen (secondary N) is 1. The molecule has 1 heterocycles. The third-order valence-corrected chi connectivity index (χ3v) is 5.87. The van der Waals surface area contributed by atoms with E-state index < -0.39 is 5.41 Å². The lowest BCUT2D eigenvalue weighted by atomic mass is 9.87. The van der Waals surface area contributed by atoms with Crippen molar-refractivity contribution in [3.63, 3.8) is 0 Å². The lowest BCUT2D eigenvalue weighted by molar-refractivity contribution is -0.122. The number of hydrogen-bond donors (Lipinski definition) is 1. The minimum atomic E-state index is -0.855. The van der Waals surface area contributed by atoms with Crippen molar-refractivity contribution in [1.82, 2.24) is 4.98 Å². The van der Waals surface area contributed by atoms with Gasteiger partial charge in [0.05, 0.1) is 16.3 Å². The quantitative estimate of drug-likeness (QED) is 0.726. The Kier molecular flexibility index (Phi) is 3.98. The monoisotopic (exact) mass is 347 g/mol. The molecule has 124 valence electrons. The zero-order valence-electron chi connectivity index (χ0n) is 13.7. The minimum Gasteiger partial charge on any atom is -0.325 e. The molecule has 4 nitrogen and oxygen atoms in total. The molecule has 0 saturated heterocycles. The third kappa shape index (κ3) is 2.90. The van der Waals surface area contributed by atoms with E-state index in [1.165, 1.54) is 0 Å². The van der Waals surface area contributed by atoms with Gasteiger partial charge in [-0.3, -0.25) is 4.79 Å². The van der Waals surface area contributed by atoms with Gasteiger partial charge in [-0.2, -0.15) is 5.26 Å². The molecule has 1 aromatic heterocycles. The summed E-state index contributed by atoms with van der Waals surface area (Å²) in [4.78, 5) is 17.1. The van der Waals surface area contributed by atoms with E-state index >= 15 is 0 Å². The van der Waals surface area contributed by atoms with Gasteiger partial charge in [0, 0.05) is 11.3 Å². The van der Waals surface area contributed by atoms with Crippen LogP contribution in [0.25, 0.3) is 20.8 Å². The molecule has 0 bridgehead atoms. The maximum Gasteiger partial charge on any atom is 0.244 e. The molecule has 1 fully saturated rings. The van der Waals surface area contributed by atoms with E-state index in [0.29, 0.717) is 12.8 Å². The van der Waals surface area contributed by atoms with E-state index in [1.54, 1.807) is 11.3 Å². The second kappa shape index (κ2) is 6.30. The Hall–Kier alpha value is -2.71. The van der Waals surface area contributed by atoms with Crippen molar-refractivity contribution in [2.45, 2.75) is 25.7 Å². The number of anilines is 1. The zero-order valence-corrected chi connectivity index (χ0v) is 14.5. The van der Waals surface area contributed by atoms with Crippen LogP contribution in [0.15, 0.2) is 48.5 Å². The molecule has 0 spiro atoms. The molecule has 1 N–H and O–H groups in total. The normalized spacial score (nSPS) is 15.8. The zero-order chi connectivity index (χ0) is 17.3. The largest absolute Gasteiger partial charge is 0.325 e. The molecular formula is C20H17N3OS. The van der Waals surface area contributed by atoms with Crippen molar-refractivity contribution in [2.75, 3.05) is 5.32 Å². The summed E-state index contributed by atoms with van der Waals surface area (Å²) in [5.74, 6) is -0.180. The SMILES string of the molecule is N#CC1(C(=O)Nc2ccc(-c3nc4ccccc4s3)cc2)CCCC1. The Morgan fingerprint density at radius 3 is 2.52 bits per heavy atom. The molecule has 0 unspecified atom stereocenters. The molecule has 0 aliphatic heterocycles. The van der Waals surface area contributed by atoms with E-state index in [9.17, 15) is 10.1 Å². The number of amides is 1.